The van der Waals surface area contributed by atoms with Gasteiger partial charge in [-0.3, -0.25) is 14.9 Å². The molecule has 114 valence electrons. The second-order valence-corrected chi connectivity index (χ2v) is 5.82. The zero-order valence-corrected chi connectivity index (χ0v) is 12.4. The predicted octanol–water partition coefficient (Wildman–Crippen LogP) is 2.67. The molecule has 0 spiro atoms. The summed E-state index contributed by atoms with van der Waals surface area (Å²) in [4.78, 5) is 22.8. The number of carbonyl (C=O) groups excluding carboxylic acids is 1. The zero-order valence-electron chi connectivity index (χ0n) is 12.4. The topological polar surface area (TPSA) is 98.3 Å². The van der Waals surface area contributed by atoms with Crippen LogP contribution >= 0.6 is 0 Å². The number of anilines is 1. The Balaban J connectivity index is 2.14. The summed E-state index contributed by atoms with van der Waals surface area (Å²) in [5, 5.41) is 13.8. The molecular weight excluding hydrogens is 270 g/mol. The zero-order chi connectivity index (χ0) is 15.6. The Morgan fingerprint density at radius 3 is 2.67 bits per heavy atom. The average molecular weight is 291 g/mol. The van der Waals surface area contributed by atoms with Gasteiger partial charge in [0.25, 0.3) is 5.69 Å². The molecule has 6 heteroatoms. The van der Waals surface area contributed by atoms with Crippen LogP contribution in [-0.4, -0.2) is 16.9 Å². The fourth-order valence-corrected chi connectivity index (χ4v) is 2.83. The molecule has 1 aliphatic rings. The number of hydrogen-bond donors (Lipinski definition) is 2. The number of nitro benzene ring substituents is 1. The first-order chi connectivity index (χ1) is 9.88. The number of carbonyl (C=O) groups is 1. The first-order valence-corrected chi connectivity index (χ1v) is 7.20. The van der Waals surface area contributed by atoms with Crippen LogP contribution in [0.1, 0.15) is 36.8 Å². The van der Waals surface area contributed by atoms with E-state index in [9.17, 15) is 14.9 Å². The van der Waals surface area contributed by atoms with E-state index in [4.69, 9.17) is 5.73 Å². The summed E-state index contributed by atoms with van der Waals surface area (Å²) in [7, 11) is 0. The highest BCUT2D eigenvalue weighted by Crippen LogP contribution is 2.28. The number of nitrogens with two attached hydrogens (primary N) is 1. The van der Waals surface area contributed by atoms with Crippen LogP contribution < -0.4 is 11.1 Å². The normalized spacial score (nSPS) is 21.9. The third-order valence-corrected chi connectivity index (χ3v) is 4.08. The van der Waals surface area contributed by atoms with Crippen molar-refractivity contribution < 1.29 is 9.72 Å². The molecule has 0 bridgehead atoms. The molecule has 2 atom stereocenters. The summed E-state index contributed by atoms with van der Waals surface area (Å²) in [5.41, 5.74) is 7.86. The lowest BCUT2D eigenvalue weighted by Crippen LogP contribution is -2.34. The highest BCUT2D eigenvalue weighted by molar-refractivity contribution is 5.93. The number of rotatable bonds is 3. The number of amides is 1. The van der Waals surface area contributed by atoms with Crippen LogP contribution in [0.25, 0.3) is 0 Å². The predicted molar refractivity (Wildman–Crippen MR) is 81.1 cm³/mol. The van der Waals surface area contributed by atoms with E-state index in [1.54, 1.807) is 19.9 Å². The van der Waals surface area contributed by atoms with Crippen molar-refractivity contribution in [2.24, 2.45) is 11.7 Å². The second kappa shape index (κ2) is 6.22. The van der Waals surface area contributed by atoms with Crippen molar-refractivity contribution in [2.45, 2.75) is 45.6 Å². The van der Waals surface area contributed by atoms with Gasteiger partial charge in [-0.15, -0.1) is 0 Å². The van der Waals surface area contributed by atoms with E-state index >= 15 is 0 Å². The van der Waals surface area contributed by atoms with E-state index in [2.05, 4.69) is 5.32 Å². The van der Waals surface area contributed by atoms with Gasteiger partial charge in [-0.05, 0) is 44.7 Å². The summed E-state index contributed by atoms with van der Waals surface area (Å²) in [6, 6.07) is 3.25. The SMILES string of the molecule is Cc1cc([N+](=O)[O-])c(C)cc1NC(=O)C1CCCC(N)C1. The van der Waals surface area contributed by atoms with Gasteiger partial charge in [0.15, 0.2) is 0 Å². The molecule has 0 aromatic heterocycles. The van der Waals surface area contributed by atoms with Gasteiger partial charge in [0.05, 0.1) is 4.92 Å². The van der Waals surface area contributed by atoms with Crippen LogP contribution in [0.15, 0.2) is 12.1 Å². The first kappa shape index (κ1) is 15.4. The van der Waals surface area contributed by atoms with Crippen molar-refractivity contribution in [3.63, 3.8) is 0 Å². The van der Waals surface area contributed by atoms with Crippen LogP contribution in [0, 0.1) is 29.9 Å². The molecule has 3 N–H and O–H groups in total. The first-order valence-electron chi connectivity index (χ1n) is 7.20. The Morgan fingerprint density at radius 2 is 2.05 bits per heavy atom. The molecule has 2 unspecified atom stereocenters. The van der Waals surface area contributed by atoms with E-state index < -0.39 is 4.92 Å². The number of nitro groups is 1. The molecular formula is C15H21N3O3. The van der Waals surface area contributed by atoms with Gasteiger partial charge in [0.2, 0.25) is 5.91 Å². The number of benzene rings is 1. The third-order valence-electron chi connectivity index (χ3n) is 4.08. The number of nitrogens with zero attached hydrogens (tertiary/aromatic N) is 1. The van der Waals surface area contributed by atoms with Gasteiger partial charge in [-0.1, -0.05) is 6.42 Å². The number of aryl methyl sites for hydroxylation is 2. The van der Waals surface area contributed by atoms with E-state index in [0.29, 0.717) is 23.2 Å². The number of nitrogens with one attached hydrogen (secondary N) is 1. The summed E-state index contributed by atoms with van der Waals surface area (Å²) in [6.07, 6.45) is 3.50. The van der Waals surface area contributed by atoms with Crippen LogP contribution in [0.2, 0.25) is 0 Å². The fraction of sp³-hybridized carbons (Fsp3) is 0.533. The molecule has 0 saturated heterocycles. The van der Waals surface area contributed by atoms with Crippen molar-refractivity contribution in [1.82, 2.24) is 0 Å². The Hall–Kier alpha value is -1.95. The largest absolute Gasteiger partial charge is 0.328 e. The highest BCUT2D eigenvalue weighted by atomic mass is 16.6. The van der Waals surface area contributed by atoms with Crippen LogP contribution in [0.5, 0.6) is 0 Å². The molecule has 1 saturated carbocycles. The maximum atomic E-state index is 12.3. The van der Waals surface area contributed by atoms with E-state index in [1.807, 2.05) is 0 Å². The quantitative estimate of drug-likeness (QED) is 0.660. The smallest absolute Gasteiger partial charge is 0.272 e. The third kappa shape index (κ3) is 3.58. The highest BCUT2D eigenvalue weighted by Gasteiger charge is 2.26. The monoisotopic (exact) mass is 291 g/mol. The van der Waals surface area contributed by atoms with Crippen molar-refractivity contribution in [3.05, 3.63) is 33.4 Å². The Morgan fingerprint density at radius 1 is 1.33 bits per heavy atom. The van der Waals surface area contributed by atoms with Crippen molar-refractivity contribution in [3.8, 4) is 0 Å². The Bertz CT molecular complexity index is 572. The average Bonchev–Trinajstić information content (AvgIpc) is 2.42. The molecule has 0 radical (unpaired) electrons. The molecule has 21 heavy (non-hydrogen) atoms. The molecule has 2 rings (SSSR count). The number of hydrogen-bond acceptors (Lipinski definition) is 4. The molecule has 1 aromatic carbocycles. The lowest BCUT2D eigenvalue weighted by atomic mass is 9.85. The van der Waals surface area contributed by atoms with Crippen molar-refractivity contribution in [1.29, 1.82) is 0 Å². The Kier molecular flexibility index (Phi) is 4.57. The van der Waals surface area contributed by atoms with Gasteiger partial charge in [-0.2, -0.15) is 0 Å². The van der Waals surface area contributed by atoms with E-state index in [0.717, 1.165) is 19.3 Å². The summed E-state index contributed by atoms with van der Waals surface area (Å²) in [5.74, 6) is -0.106. The minimum Gasteiger partial charge on any atom is -0.328 e. The van der Waals surface area contributed by atoms with Crippen molar-refractivity contribution in [2.75, 3.05) is 5.32 Å². The minimum absolute atomic E-state index is 0.0403. The van der Waals surface area contributed by atoms with E-state index in [1.165, 1.54) is 6.07 Å². The molecule has 1 aliphatic carbocycles. The van der Waals surface area contributed by atoms with Crippen LogP contribution in [0.3, 0.4) is 0 Å². The maximum absolute atomic E-state index is 12.3. The van der Waals surface area contributed by atoms with E-state index in [-0.39, 0.29) is 23.6 Å². The lowest BCUT2D eigenvalue weighted by Gasteiger charge is -2.26. The van der Waals surface area contributed by atoms with Crippen molar-refractivity contribution >= 4 is 17.3 Å². The van der Waals surface area contributed by atoms with Gasteiger partial charge in [0.1, 0.15) is 0 Å². The molecule has 1 amide bonds. The summed E-state index contributed by atoms with van der Waals surface area (Å²) in [6.45, 7) is 3.43. The van der Waals surface area contributed by atoms with Gasteiger partial charge >= 0.3 is 0 Å². The van der Waals surface area contributed by atoms with Crippen LogP contribution in [-0.2, 0) is 4.79 Å². The molecule has 1 fully saturated rings. The van der Waals surface area contributed by atoms with Gasteiger partial charge < -0.3 is 11.1 Å². The summed E-state index contributed by atoms with van der Waals surface area (Å²) >= 11 is 0. The molecule has 1 aromatic rings. The summed E-state index contributed by atoms with van der Waals surface area (Å²) < 4.78 is 0. The van der Waals surface area contributed by atoms with Gasteiger partial charge in [0, 0.05) is 29.3 Å². The lowest BCUT2D eigenvalue weighted by molar-refractivity contribution is -0.385. The Labute approximate surface area is 123 Å². The second-order valence-electron chi connectivity index (χ2n) is 5.82. The minimum atomic E-state index is -0.409. The molecule has 0 heterocycles. The fourth-order valence-electron chi connectivity index (χ4n) is 2.83. The standard InChI is InChI=1S/C15H21N3O3/c1-9-7-14(18(20)21)10(2)6-13(9)17-15(19)11-4-3-5-12(16)8-11/h6-7,11-12H,3-5,8,16H2,1-2H3,(H,17,19). The molecule has 6 nitrogen and oxygen atoms in total. The van der Waals surface area contributed by atoms with Crippen LogP contribution in [0.4, 0.5) is 11.4 Å². The molecule has 0 aliphatic heterocycles. The maximum Gasteiger partial charge on any atom is 0.272 e. The van der Waals surface area contributed by atoms with Gasteiger partial charge in [-0.25, -0.2) is 0 Å².